The molecule has 0 unspecified atom stereocenters. The molecule has 0 aliphatic carbocycles. The van der Waals surface area contributed by atoms with Crippen molar-refractivity contribution in [2.24, 2.45) is 12.1 Å². The Labute approximate surface area is 128 Å². The van der Waals surface area contributed by atoms with E-state index in [2.05, 4.69) is 29.1 Å². The van der Waals surface area contributed by atoms with E-state index in [0.717, 1.165) is 23.0 Å². The van der Waals surface area contributed by atoms with Crippen LogP contribution in [0.4, 0.5) is 5.82 Å². The molecule has 0 spiro atoms. The topological polar surface area (TPSA) is 70.5 Å². The second-order valence-electron chi connectivity index (χ2n) is 5.12. The van der Waals surface area contributed by atoms with Gasteiger partial charge in [-0.15, -0.1) is 0 Å². The highest BCUT2D eigenvalue weighted by Gasteiger charge is 2.04. The lowest BCUT2D eigenvalue weighted by atomic mass is 10.1. The molecule has 0 aliphatic rings. The van der Waals surface area contributed by atoms with Crippen LogP contribution in [0.2, 0.25) is 0 Å². The Bertz CT molecular complexity index is 741. The lowest BCUT2D eigenvalue weighted by Crippen LogP contribution is -2.33. The maximum Gasteiger partial charge on any atom is 0.329 e. The smallest absolute Gasteiger partial charge is 0.292 e. The van der Waals surface area contributed by atoms with Crippen molar-refractivity contribution in [3.63, 3.8) is 0 Å². The lowest BCUT2D eigenvalue weighted by molar-refractivity contribution is 0.766. The van der Waals surface area contributed by atoms with Crippen molar-refractivity contribution in [3.05, 3.63) is 62.3 Å². The van der Waals surface area contributed by atoms with Crippen molar-refractivity contribution >= 4 is 12.0 Å². The van der Waals surface area contributed by atoms with Crippen LogP contribution in [0.3, 0.4) is 0 Å². The average molecular weight is 300 g/mol. The molecule has 0 amide bonds. The number of hydrogen-bond acceptors (Lipinski definition) is 4. The van der Waals surface area contributed by atoms with Gasteiger partial charge in [-0.1, -0.05) is 37.6 Å². The molecule has 0 bridgehead atoms. The minimum Gasteiger partial charge on any atom is -0.292 e. The van der Waals surface area contributed by atoms with Crippen LogP contribution in [-0.2, 0) is 13.5 Å². The lowest BCUT2D eigenvalue weighted by Gasteiger charge is -2.12. The van der Waals surface area contributed by atoms with Crippen molar-refractivity contribution < 1.29 is 0 Å². The molecular weight excluding hydrogens is 280 g/mol. The summed E-state index contributed by atoms with van der Waals surface area (Å²) in [4.78, 5) is 25.8. The molecule has 6 nitrogen and oxygen atoms in total. The number of aromatic nitrogens is 2. The molecule has 1 aromatic heterocycles. The largest absolute Gasteiger partial charge is 0.329 e. The zero-order chi connectivity index (χ0) is 16.1. The molecule has 22 heavy (non-hydrogen) atoms. The summed E-state index contributed by atoms with van der Waals surface area (Å²) in [6.07, 6.45) is 3.86. The van der Waals surface area contributed by atoms with Gasteiger partial charge in [-0.2, -0.15) is 5.10 Å². The first-order chi connectivity index (χ1) is 10.5. The fourth-order valence-electron chi connectivity index (χ4n) is 1.99. The first-order valence-electron chi connectivity index (χ1n) is 7.18. The van der Waals surface area contributed by atoms with Gasteiger partial charge in [0.15, 0.2) is 0 Å². The molecule has 0 saturated carbocycles. The maximum absolute atomic E-state index is 11.6. The van der Waals surface area contributed by atoms with Crippen LogP contribution in [0.1, 0.15) is 24.5 Å². The average Bonchev–Trinajstić information content (AvgIpc) is 2.51. The number of anilines is 1. The van der Waals surface area contributed by atoms with E-state index in [1.807, 2.05) is 12.1 Å². The van der Waals surface area contributed by atoms with Gasteiger partial charge in [0.2, 0.25) is 0 Å². The van der Waals surface area contributed by atoms with Crippen molar-refractivity contribution in [3.8, 4) is 0 Å². The monoisotopic (exact) mass is 300 g/mol. The number of H-pyrrole nitrogens is 1. The fourth-order valence-corrected chi connectivity index (χ4v) is 1.99. The van der Waals surface area contributed by atoms with Crippen molar-refractivity contribution in [2.45, 2.75) is 19.8 Å². The van der Waals surface area contributed by atoms with Gasteiger partial charge < -0.3 is 0 Å². The third-order valence-corrected chi connectivity index (χ3v) is 3.38. The molecule has 1 N–H and O–H groups in total. The summed E-state index contributed by atoms with van der Waals surface area (Å²) in [5.74, 6) is 0.354. The van der Waals surface area contributed by atoms with E-state index in [9.17, 15) is 9.59 Å². The number of aryl methyl sites for hydroxylation is 1. The van der Waals surface area contributed by atoms with Gasteiger partial charge in [-0.25, -0.2) is 4.79 Å². The first-order valence-corrected chi connectivity index (χ1v) is 7.18. The molecule has 2 rings (SSSR count). The molecule has 6 heteroatoms. The van der Waals surface area contributed by atoms with E-state index >= 15 is 0 Å². The summed E-state index contributed by atoms with van der Waals surface area (Å²) in [7, 11) is 3.10. The van der Waals surface area contributed by atoms with Crippen molar-refractivity contribution in [1.82, 2.24) is 9.55 Å². The number of rotatable bonds is 5. The van der Waals surface area contributed by atoms with Crippen LogP contribution in [-0.4, -0.2) is 22.8 Å². The van der Waals surface area contributed by atoms with Gasteiger partial charge in [0, 0.05) is 20.2 Å². The highest BCUT2D eigenvalue weighted by atomic mass is 16.2. The Balaban J connectivity index is 2.15. The van der Waals surface area contributed by atoms with E-state index in [0.29, 0.717) is 5.82 Å². The normalized spacial score (nSPS) is 11.0. The van der Waals surface area contributed by atoms with Crippen molar-refractivity contribution in [2.75, 3.05) is 12.1 Å². The Morgan fingerprint density at radius 3 is 2.55 bits per heavy atom. The zero-order valence-electron chi connectivity index (χ0n) is 13.0. The number of benzene rings is 1. The summed E-state index contributed by atoms with van der Waals surface area (Å²) in [6, 6.07) is 9.48. The van der Waals surface area contributed by atoms with E-state index in [-0.39, 0.29) is 5.56 Å². The van der Waals surface area contributed by atoms with Gasteiger partial charge in [-0.05, 0) is 17.5 Å². The Hall–Kier alpha value is -2.63. The van der Waals surface area contributed by atoms with Gasteiger partial charge in [0.05, 0.1) is 6.21 Å². The van der Waals surface area contributed by atoms with E-state index < -0.39 is 5.69 Å². The predicted molar refractivity (Wildman–Crippen MR) is 88.7 cm³/mol. The number of nitrogens with zero attached hydrogens (tertiary/aromatic N) is 3. The van der Waals surface area contributed by atoms with Gasteiger partial charge in [0.25, 0.3) is 5.56 Å². The maximum atomic E-state index is 11.6. The quantitative estimate of drug-likeness (QED) is 0.672. The summed E-state index contributed by atoms with van der Waals surface area (Å²) >= 11 is 0. The second-order valence-corrected chi connectivity index (χ2v) is 5.12. The molecule has 1 aromatic carbocycles. The Kier molecular flexibility index (Phi) is 4.93. The minimum absolute atomic E-state index is 0.354. The molecule has 2 aromatic rings. The highest BCUT2D eigenvalue weighted by molar-refractivity contribution is 5.80. The number of aromatic amines is 1. The fraction of sp³-hybridized carbons (Fsp3) is 0.312. The standard InChI is InChI=1S/C16H20N4O2/c1-4-5-12-6-8-13(9-7-12)11-17-20(3)14-10-15(21)19(2)16(22)18-14/h6-11H,4-5H2,1-3H3,(H,18,22)/b17-11+. The van der Waals surface area contributed by atoms with Gasteiger partial charge in [-0.3, -0.25) is 19.4 Å². The van der Waals surface area contributed by atoms with Crippen LogP contribution in [0, 0.1) is 0 Å². The molecule has 116 valence electrons. The van der Waals surface area contributed by atoms with Gasteiger partial charge >= 0.3 is 5.69 Å². The third kappa shape index (κ3) is 3.72. The van der Waals surface area contributed by atoms with Crippen LogP contribution in [0.25, 0.3) is 0 Å². The predicted octanol–water partition coefficient (Wildman–Crippen LogP) is 1.50. The van der Waals surface area contributed by atoms with Crippen LogP contribution in [0.5, 0.6) is 0 Å². The second kappa shape index (κ2) is 6.89. The van der Waals surface area contributed by atoms with E-state index in [1.54, 1.807) is 13.3 Å². The van der Waals surface area contributed by atoms with Crippen LogP contribution < -0.4 is 16.3 Å². The number of hydrogen-bond donors (Lipinski definition) is 1. The summed E-state index contributed by atoms with van der Waals surface area (Å²) in [6.45, 7) is 2.15. The SMILES string of the molecule is CCCc1ccc(/C=N/N(C)c2cc(=O)n(C)c(=O)[nH]2)cc1. The molecule has 0 aliphatic heterocycles. The summed E-state index contributed by atoms with van der Waals surface area (Å²) < 4.78 is 1.01. The Morgan fingerprint density at radius 2 is 1.95 bits per heavy atom. The van der Waals surface area contributed by atoms with Crippen LogP contribution in [0.15, 0.2) is 45.0 Å². The highest BCUT2D eigenvalue weighted by Crippen LogP contribution is 2.06. The molecule has 0 atom stereocenters. The summed E-state index contributed by atoms with van der Waals surface area (Å²) in [5.41, 5.74) is 1.42. The first kappa shape index (κ1) is 15.8. The Morgan fingerprint density at radius 1 is 1.27 bits per heavy atom. The minimum atomic E-state index is -0.464. The van der Waals surface area contributed by atoms with Gasteiger partial charge in [0.1, 0.15) is 5.82 Å². The summed E-state index contributed by atoms with van der Waals surface area (Å²) in [5, 5.41) is 5.70. The van der Waals surface area contributed by atoms with E-state index in [1.165, 1.54) is 23.7 Å². The molecule has 0 fully saturated rings. The van der Waals surface area contributed by atoms with E-state index in [4.69, 9.17) is 0 Å². The molecular formula is C16H20N4O2. The molecule has 0 saturated heterocycles. The number of nitrogens with one attached hydrogen (secondary N) is 1. The third-order valence-electron chi connectivity index (χ3n) is 3.38. The number of hydrazone groups is 1. The molecule has 0 radical (unpaired) electrons. The zero-order valence-corrected chi connectivity index (χ0v) is 13.0. The van der Waals surface area contributed by atoms with Crippen LogP contribution >= 0.6 is 0 Å². The van der Waals surface area contributed by atoms with Crippen molar-refractivity contribution in [1.29, 1.82) is 0 Å². The molecule has 1 heterocycles.